The Morgan fingerprint density at radius 1 is 1.20 bits per heavy atom. The number of nitrogens with zero attached hydrogens (tertiary/aromatic N) is 2. The van der Waals surface area contributed by atoms with Crippen LogP contribution >= 0.6 is 15.9 Å². The van der Waals surface area contributed by atoms with Crippen molar-refractivity contribution in [3.63, 3.8) is 0 Å². The minimum atomic E-state index is -0.502. The molecule has 4 nitrogen and oxygen atoms in total. The highest BCUT2D eigenvalue weighted by atomic mass is 79.9. The van der Waals surface area contributed by atoms with Crippen LogP contribution in [0.15, 0.2) is 47.5 Å². The van der Waals surface area contributed by atoms with Crippen molar-refractivity contribution in [1.82, 2.24) is 9.55 Å². The van der Waals surface area contributed by atoms with Crippen LogP contribution in [0.1, 0.15) is 12.0 Å². The molecule has 2 aromatic rings. The van der Waals surface area contributed by atoms with E-state index in [0.717, 1.165) is 23.9 Å². The van der Waals surface area contributed by atoms with Crippen LogP contribution in [-0.4, -0.2) is 28.6 Å². The molecule has 0 radical (unpaired) electrons. The summed E-state index contributed by atoms with van der Waals surface area (Å²) in [6, 6.07) is 8.31. The predicted molar refractivity (Wildman–Crippen MR) is 79.3 cm³/mol. The van der Waals surface area contributed by atoms with Gasteiger partial charge in [0.2, 0.25) is 0 Å². The van der Waals surface area contributed by atoms with Crippen LogP contribution in [-0.2, 0) is 22.4 Å². The number of aryl methyl sites for hydroxylation is 1. The third kappa shape index (κ3) is 3.29. The second-order valence-electron chi connectivity index (χ2n) is 4.96. The van der Waals surface area contributed by atoms with Crippen LogP contribution in [0, 0.1) is 0 Å². The van der Waals surface area contributed by atoms with Gasteiger partial charge in [0.15, 0.2) is 5.79 Å². The van der Waals surface area contributed by atoms with E-state index in [1.54, 1.807) is 6.20 Å². The second kappa shape index (κ2) is 6.08. The lowest BCUT2D eigenvalue weighted by atomic mass is 10.0. The number of hydrogen-bond donors (Lipinski definition) is 0. The molecule has 1 aromatic carbocycles. The molecular weight excluding hydrogens is 320 g/mol. The molecule has 0 aliphatic carbocycles. The summed E-state index contributed by atoms with van der Waals surface area (Å²) in [5, 5.41) is 0. The molecule has 1 aromatic heterocycles. The average molecular weight is 337 g/mol. The van der Waals surface area contributed by atoms with E-state index in [-0.39, 0.29) is 0 Å². The lowest BCUT2D eigenvalue weighted by Crippen LogP contribution is -2.34. The number of benzene rings is 1. The van der Waals surface area contributed by atoms with Crippen molar-refractivity contribution in [2.75, 3.05) is 13.2 Å². The molecule has 0 spiro atoms. The summed E-state index contributed by atoms with van der Waals surface area (Å²) in [6.07, 6.45) is 7.16. The molecule has 0 N–H and O–H groups in total. The molecule has 0 amide bonds. The van der Waals surface area contributed by atoms with Crippen molar-refractivity contribution >= 4 is 15.9 Å². The maximum absolute atomic E-state index is 5.91. The fourth-order valence-electron chi connectivity index (χ4n) is 2.46. The van der Waals surface area contributed by atoms with Crippen LogP contribution in [0.3, 0.4) is 0 Å². The molecule has 20 heavy (non-hydrogen) atoms. The number of rotatable bonds is 5. The third-order valence-electron chi connectivity index (χ3n) is 3.51. The number of ether oxygens (including phenoxy) is 2. The van der Waals surface area contributed by atoms with Gasteiger partial charge in [-0.05, 0) is 17.7 Å². The van der Waals surface area contributed by atoms with Gasteiger partial charge in [0.1, 0.15) is 0 Å². The molecule has 106 valence electrons. The van der Waals surface area contributed by atoms with E-state index < -0.39 is 5.79 Å². The fraction of sp³-hybridized carbons (Fsp3) is 0.400. The van der Waals surface area contributed by atoms with Crippen LogP contribution in [0.4, 0.5) is 0 Å². The normalized spacial score (nSPS) is 17.4. The number of aromatic nitrogens is 2. The molecular formula is C15H17BrN2O2. The lowest BCUT2D eigenvalue weighted by molar-refractivity contribution is -0.162. The summed E-state index contributed by atoms with van der Waals surface area (Å²) < 4.78 is 14.9. The first-order chi connectivity index (χ1) is 9.76. The monoisotopic (exact) mass is 336 g/mol. The number of hydrogen-bond acceptors (Lipinski definition) is 3. The summed E-state index contributed by atoms with van der Waals surface area (Å²) in [4.78, 5) is 4.06. The van der Waals surface area contributed by atoms with Gasteiger partial charge in [-0.1, -0.05) is 28.1 Å². The first kappa shape index (κ1) is 13.8. The van der Waals surface area contributed by atoms with E-state index >= 15 is 0 Å². The van der Waals surface area contributed by atoms with Crippen molar-refractivity contribution in [3.05, 3.63) is 53.0 Å². The second-order valence-corrected chi connectivity index (χ2v) is 5.88. The van der Waals surface area contributed by atoms with E-state index in [4.69, 9.17) is 9.47 Å². The van der Waals surface area contributed by atoms with E-state index in [0.29, 0.717) is 13.2 Å². The largest absolute Gasteiger partial charge is 0.347 e. The highest BCUT2D eigenvalue weighted by Gasteiger charge is 2.36. The highest BCUT2D eigenvalue weighted by molar-refractivity contribution is 9.10. The molecule has 5 heteroatoms. The van der Waals surface area contributed by atoms with Crippen molar-refractivity contribution in [3.8, 4) is 0 Å². The van der Waals surface area contributed by atoms with Gasteiger partial charge in [-0.15, -0.1) is 0 Å². The van der Waals surface area contributed by atoms with Crippen LogP contribution in [0.25, 0.3) is 0 Å². The van der Waals surface area contributed by atoms with Crippen LogP contribution in [0.2, 0.25) is 0 Å². The van der Waals surface area contributed by atoms with Gasteiger partial charge in [0.25, 0.3) is 0 Å². The molecule has 0 atom stereocenters. The predicted octanol–water partition coefficient (Wildman–Crippen LogP) is 3.02. The maximum Gasteiger partial charge on any atom is 0.174 e. The summed E-state index contributed by atoms with van der Waals surface area (Å²) in [6.45, 7) is 2.18. The Balaban J connectivity index is 1.69. The average Bonchev–Trinajstić information content (AvgIpc) is 3.11. The summed E-state index contributed by atoms with van der Waals surface area (Å²) in [5.41, 5.74) is 1.22. The minimum absolute atomic E-state index is 0.502. The van der Waals surface area contributed by atoms with Gasteiger partial charge >= 0.3 is 0 Å². The van der Waals surface area contributed by atoms with E-state index in [1.165, 1.54) is 5.56 Å². The zero-order valence-corrected chi connectivity index (χ0v) is 12.8. The van der Waals surface area contributed by atoms with Gasteiger partial charge in [-0.2, -0.15) is 0 Å². The Kier molecular flexibility index (Phi) is 4.19. The standard InChI is InChI=1S/C15H17BrN2O2/c16-14-3-1-13(2-4-14)11-15(19-9-10-20-15)5-7-18-8-6-17-12-18/h1-4,6,8,12H,5,7,9-11H2. The highest BCUT2D eigenvalue weighted by Crippen LogP contribution is 2.29. The zero-order valence-electron chi connectivity index (χ0n) is 11.2. The van der Waals surface area contributed by atoms with E-state index in [9.17, 15) is 0 Å². The van der Waals surface area contributed by atoms with Gasteiger partial charge < -0.3 is 14.0 Å². The molecule has 2 heterocycles. The SMILES string of the molecule is Brc1ccc(CC2(CCn3ccnc3)OCCO2)cc1. The molecule has 0 saturated carbocycles. The Morgan fingerprint density at radius 2 is 1.95 bits per heavy atom. The molecule has 0 unspecified atom stereocenters. The number of imidazole rings is 1. The fourth-order valence-corrected chi connectivity index (χ4v) is 2.73. The third-order valence-corrected chi connectivity index (χ3v) is 4.04. The molecule has 1 fully saturated rings. The Bertz CT molecular complexity index is 534. The molecule has 1 saturated heterocycles. The summed E-state index contributed by atoms with van der Waals surface area (Å²) in [7, 11) is 0. The molecule has 1 aliphatic rings. The van der Waals surface area contributed by atoms with Crippen molar-refractivity contribution < 1.29 is 9.47 Å². The lowest BCUT2D eigenvalue weighted by Gasteiger charge is -2.27. The first-order valence-corrected chi connectivity index (χ1v) is 7.53. The summed E-state index contributed by atoms with van der Waals surface area (Å²) in [5.74, 6) is -0.502. The Hall–Kier alpha value is -1.17. The van der Waals surface area contributed by atoms with Crippen molar-refractivity contribution in [2.45, 2.75) is 25.2 Å². The topological polar surface area (TPSA) is 36.3 Å². The van der Waals surface area contributed by atoms with Crippen molar-refractivity contribution in [2.24, 2.45) is 0 Å². The maximum atomic E-state index is 5.91. The molecule has 3 rings (SSSR count). The van der Waals surface area contributed by atoms with Gasteiger partial charge in [0.05, 0.1) is 19.5 Å². The molecule has 0 bridgehead atoms. The summed E-state index contributed by atoms with van der Waals surface area (Å²) >= 11 is 3.46. The minimum Gasteiger partial charge on any atom is -0.347 e. The Labute approximate surface area is 126 Å². The number of halogens is 1. The van der Waals surface area contributed by atoms with E-state index in [2.05, 4.69) is 33.0 Å². The first-order valence-electron chi connectivity index (χ1n) is 6.74. The van der Waals surface area contributed by atoms with Gasteiger partial charge in [0, 0.05) is 36.3 Å². The van der Waals surface area contributed by atoms with Gasteiger partial charge in [-0.3, -0.25) is 0 Å². The van der Waals surface area contributed by atoms with Crippen LogP contribution in [0.5, 0.6) is 0 Å². The molecule has 1 aliphatic heterocycles. The van der Waals surface area contributed by atoms with Crippen LogP contribution < -0.4 is 0 Å². The quantitative estimate of drug-likeness (QED) is 0.842. The van der Waals surface area contributed by atoms with Gasteiger partial charge in [-0.25, -0.2) is 4.98 Å². The van der Waals surface area contributed by atoms with Crippen molar-refractivity contribution in [1.29, 1.82) is 0 Å². The zero-order chi connectivity index (χ0) is 13.8. The van der Waals surface area contributed by atoms with E-state index in [1.807, 2.05) is 29.2 Å². The smallest absolute Gasteiger partial charge is 0.174 e. The Morgan fingerprint density at radius 3 is 2.60 bits per heavy atom.